The van der Waals surface area contributed by atoms with Crippen LogP contribution in [0.25, 0.3) is 5.83 Å². The van der Waals surface area contributed by atoms with Gasteiger partial charge in [-0.05, 0) is 18.4 Å². The fourth-order valence-corrected chi connectivity index (χ4v) is 2.29. The first-order valence-corrected chi connectivity index (χ1v) is 5.36. The molecule has 0 fully saturated rings. The van der Waals surface area contributed by atoms with Crippen LogP contribution in [0.15, 0.2) is 34.1 Å². The van der Waals surface area contributed by atoms with E-state index < -0.39 is 5.83 Å². The minimum Gasteiger partial charge on any atom is -0.207 e. The Kier molecular flexibility index (Phi) is 3.35. The summed E-state index contributed by atoms with van der Waals surface area (Å²) in [6.07, 6.45) is 1.91. The highest BCUT2D eigenvalue weighted by Crippen LogP contribution is 2.32. The molecule has 0 saturated carbocycles. The van der Waals surface area contributed by atoms with Crippen LogP contribution in [0.4, 0.5) is 4.39 Å². The standard InChI is InChI=1S/C9H8BrFS/c1-6(11)9-7(10)4-3-5-8(9)12-2/h3-5H,1H2,2H3. The predicted molar refractivity (Wildman–Crippen MR) is 56.1 cm³/mol. The van der Waals surface area contributed by atoms with Gasteiger partial charge in [-0.15, -0.1) is 11.8 Å². The van der Waals surface area contributed by atoms with Gasteiger partial charge in [0.15, 0.2) is 0 Å². The zero-order chi connectivity index (χ0) is 9.14. The smallest absolute Gasteiger partial charge is 0.125 e. The maximum atomic E-state index is 12.9. The summed E-state index contributed by atoms with van der Waals surface area (Å²) in [7, 11) is 0. The molecule has 0 aliphatic heterocycles. The van der Waals surface area contributed by atoms with E-state index in [2.05, 4.69) is 22.5 Å². The molecule has 0 nitrogen and oxygen atoms in total. The van der Waals surface area contributed by atoms with Crippen LogP contribution in [0.5, 0.6) is 0 Å². The molecule has 1 rings (SSSR count). The van der Waals surface area contributed by atoms with Crippen LogP contribution in [-0.4, -0.2) is 6.26 Å². The van der Waals surface area contributed by atoms with Gasteiger partial charge in [0, 0.05) is 14.9 Å². The Morgan fingerprint density at radius 3 is 2.67 bits per heavy atom. The molecule has 0 aliphatic rings. The van der Waals surface area contributed by atoms with Gasteiger partial charge in [-0.1, -0.05) is 28.6 Å². The van der Waals surface area contributed by atoms with Crippen molar-refractivity contribution in [2.75, 3.05) is 6.26 Å². The number of hydrogen-bond acceptors (Lipinski definition) is 1. The molecule has 0 atom stereocenters. The molecular weight excluding hydrogens is 239 g/mol. The maximum absolute atomic E-state index is 12.9. The van der Waals surface area contributed by atoms with E-state index in [0.717, 1.165) is 9.37 Å². The molecule has 0 aliphatic carbocycles. The molecule has 3 heteroatoms. The largest absolute Gasteiger partial charge is 0.207 e. The molecule has 0 saturated heterocycles. The number of thioether (sulfide) groups is 1. The summed E-state index contributed by atoms with van der Waals surface area (Å²) in [6.45, 7) is 3.28. The lowest BCUT2D eigenvalue weighted by Gasteiger charge is -2.05. The van der Waals surface area contributed by atoms with Gasteiger partial charge in [0.1, 0.15) is 5.83 Å². The van der Waals surface area contributed by atoms with Crippen LogP contribution in [0.3, 0.4) is 0 Å². The molecule has 0 amide bonds. The van der Waals surface area contributed by atoms with E-state index in [1.807, 2.05) is 18.4 Å². The molecule has 1 aromatic rings. The Labute approximate surface area is 84.0 Å². The van der Waals surface area contributed by atoms with Crippen LogP contribution in [0, 0.1) is 0 Å². The molecule has 0 N–H and O–H groups in total. The van der Waals surface area contributed by atoms with Gasteiger partial charge in [0.2, 0.25) is 0 Å². The highest BCUT2D eigenvalue weighted by molar-refractivity contribution is 9.10. The van der Waals surface area contributed by atoms with Crippen LogP contribution in [0.1, 0.15) is 5.56 Å². The quantitative estimate of drug-likeness (QED) is 0.708. The summed E-state index contributed by atoms with van der Waals surface area (Å²) in [5.41, 5.74) is 0.560. The van der Waals surface area contributed by atoms with E-state index in [4.69, 9.17) is 0 Å². The van der Waals surface area contributed by atoms with Gasteiger partial charge in [-0.3, -0.25) is 0 Å². The fraction of sp³-hybridized carbons (Fsp3) is 0.111. The monoisotopic (exact) mass is 246 g/mol. The van der Waals surface area contributed by atoms with Gasteiger partial charge in [0.05, 0.1) is 0 Å². The molecule has 12 heavy (non-hydrogen) atoms. The SMILES string of the molecule is C=C(F)c1c(Br)cccc1SC. The van der Waals surface area contributed by atoms with Gasteiger partial charge in [0.25, 0.3) is 0 Å². The second-order valence-corrected chi connectivity index (χ2v) is 3.92. The van der Waals surface area contributed by atoms with Crippen molar-refractivity contribution in [3.05, 3.63) is 34.8 Å². The van der Waals surface area contributed by atoms with E-state index in [0.29, 0.717) is 5.56 Å². The van der Waals surface area contributed by atoms with Crippen molar-refractivity contribution in [2.45, 2.75) is 4.90 Å². The predicted octanol–water partition coefficient (Wildman–Crippen LogP) is 4.11. The molecule has 0 aromatic heterocycles. The summed E-state index contributed by atoms with van der Waals surface area (Å²) >= 11 is 4.78. The third-order valence-corrected chi connectivity index (χ3v) is 2.91. The van der Waals surface area contributed by atoms with Gasteiger partial charge in [-0.2, -0.15) is 0 Å². The average molecular weight is 247 g/mol. The van der Waals surface area contributed by atoms with Crippen molar-refractivity contribution in [3.8, 4) is 0 Å². The van der Waals surface area contributed by atoms with E-state index in [9.17, 15) is 4.39 Å². The Balaban J connectivity index is 3.29. The highest BCUT2D eigenvalue weighted by atomic mass is 79.9. The Hall–Kier alpha value is -0.280. The molecular formula is C9H8BrFS. The normalized spacial score (nSPS) is 9.92. The van der Waals surface area contributed by atoms with E-state index in [-0.39, 0.29) is 0 Å². The van der Waals surface area contributed by atoms with Crippen LogP contribution >= 0.6 is 27.7 Å². The molecule has 64 valence electrons. The van der Waals surface area contributed by atoms with E-state index in [1.165, 1.54) is 11.8 Å². The van der Waals surface area contributed by atoms with Crippen LogP contribution in [-0.2, 0) is 0 Å². The Morgan fingerprint density at radius 2 is 2.25 bits per heavy atom. The number of halogens is 2. The van der Waals surface area contributed by atoms with Crippen molar-refractivity contribution in [3.63, 3.8) is 0 Å². The van der Waals surface area contributed by atoms with Crippen molar-refractivity contribution < 1.29 is 4.39 Å². The summed E-state index contributed by atoms with van der Waals surface area (Å²) in [6, 6.07) is 5.55. The number of hydrogen-bond donors (Lipinski definition) is 0. The fourth-order valence-electron chi connectivity index (χ4n) is 0.938. The highest BCUT2D eigenvalue weighted by Gasteiger charge is 2.08. The number of benzene rings is 1. The van der Waals surface area contributed by atoms with Gasteiger partial charge in [-0.25, -0.2) is 4.39 Å². The molecule has 0 spiro atoms. The molecule has 0 radical (unpaired) electrons. The summed E-state index contributed by atoms with van der Waals surface area (Å²) in [4.78, 5) is 0.900. The second kappa shape index (κ2) is 4.10. The molecule has 0 heterocycles. The average Bonchev–Trinajstić information content (AvgIpc) is 2.03. The van der Waals surface area contributed by atoms with Crippen LogP contribution in [0.2, 0.25) is 0 Å². The van der Waals surface area contributed by atoms with Crippen molar-refractivity contribution in [1.29, 1.82) is 0 Å². The Bertz CT molecular complexity index is 309. The van der Waals surface area contributed by atoms with Gasteiger partial charge >= 0.3 is 0 Å². The summed E-state index contributed by atoms with van der Waals surface area (Å²) in [5.74, 6) is -0.396. The summed E-state index contributed by atoms with van der Waals surface area (Å²) in [5, 5.41) is 0. The van der Waals surface area contributed by atoms with Gasteiger partial charge < -0.3 is 0 Å². The second-order valence-electron chi connectivity index (χ2n) is 2.22. The van der Waals surface area contributed by atoms with Crippen molar-refractivity contribution in [1.82, 2.24) is 0 Å². The summed E-state index contributed by atoms with van der Waals surface area (Å²) < 4.78 is 13.7. The van der Waals surface area contributed by atoms with Crippen molar-refractivity contribution in [2.24, 2.45) is 0 Å². The van der Waals surface area contributed by atoms with E-state index in [1.54, 1.807) is 6.07 Å². The lowest BCUT2D eigenvalue weighted by atomic mass is 10.2. The zero-order valence-electron chi connectivity index (χ0n) is 6.60. The molecule has 0 unspecified atom stereocenters. The first-order valence-electron chi connectivity index (χ1n) is 3.34. The minimum atomic E-state index is -0.396. The lowest BCUT2D eigenvalue weighted by Crippen LogP contribution is -1.83. The third-order valence-electron chi connectivity index (χ3n) is 1.47. The maximum Gasteiger partial charge on any atom is 0.125 e. The minimum absolute atomic E-state index is 0.396. The number of rotatable bonds is 2. The van der Waals surface area contributed by atoms with Crippen LogP contribution < -0.4 is 0 Å². The lowest BCUT2D eigenvalue weighted by molar-refractivity contribution is 0.758. The Morgan fingerprint density at radius 1 is 1.58 bits per heavy atom. The molecule has 1 aromatic carbocycles. The first-order chi connectivity index (χ1) is 5.66. The van der Waals surface area contributed by atoms with E-state index >= 15 is 0 Å². The van der Waals surface area contributed by atoms with Crippen molar-refractivity contribution >= 4 is 33.5 Å². The zero-order valence-corrected chi connectivity index (χ0v) is 9.01. The molecule has 0 bridgehead atoms. The topological polar surface area (TPSA) is 0 Å². The third kappa shape index (κ3) is 1.90. The first kappa shape index (κ1) is 9.81.